The summed E-state index contributed by atoms with van der Waals surface area (Å²) in [5.74, 6) is 0.653. The minimum atomic E-state index is 0.448. The van der Waals surface area contributed by atoms with E-state index in [1.807, 2.05) is 12.1 Å². The maximum Gasteiger partial charge on any atom is 0.103 e. The fraction of sp³-hybridized carbons (Fsp3) is 0.235. The van der Waals surface area contributed by atoms with Crippen LogP contribution in [0.25, 0.3) is 0 Å². The smallest absolute Gasteiger partial charge is 0.103 e. The molecule has 1 aliphatic rings. The quantitative estimate of drug-likeness (QED) is 0.853. The molecule has 1 atom stereocenters. The third-order valence-electron chi connectivity index (χ3n) is 3.81. The lowest BCUT2D eigenvalue weighted by Gasteiger charge is -2.35. The minimum Gasteiger partial charge on any atom is -0.389 e. The number of benzene rings is 2. The van der Waals surface area contributed by atoms with E-state index in [2.05, 4.69) is 48.2 Å². The molecule has 0 saturated heterocycles. The summed E-state index contributed by atoms with van der Waals surface area (Å²) in [4.78, 5) is 2.83. The van der Waals surface area contributed by atoms with Crippen LogP contribution in [-0.4, -0.2) is 11.5 Å². The van der Waals surface area contributed by atoms with Crippen molar-refractivity contribution in [2.45, 2.75) is 13.3 Å². The lowest BCUT2D eigenvalue weighted by Crippen LogP contribution is -2.30. The van der Waals surface area contributed by atoms with E-state index in [1.54, 1.807) is 0 Å². The Balaban J connectivity index is 1.99. The molecule has 0 saturated carbocycles. The van der Waals surface area contributed by atoms with Gasteiger partial charge in [-0.3, -0.25) is 0 Å². The Hall–Kier alpha value is -1.87. The molecule has 1 heterocycles. The van der Waals surface area contributed by atoms with Gasteiger partial charge in [0, 0.05) is 23.5 Å². The number of nitrogens with two attached hydrogens (primary N) is 1. The van der Waals surface area contributed by atoms with Crippen molar-refractivity contribution in [1.29, 1.82) is 0 Å². The van der Waals surface area contributed by atoms with E-state index in [-0.39, 0.29) is 0 Å². The predicted molar refractivity (Wildman–Crippen MR) is 88.6 cm³/mol. The molecule has 2 N–H and O–H groups in total. The van der Waals surface area contributed by atoms with Crippen molar-refractivity contribution in [3.8, 4) is 0 Å². The third kappa shape index (κ3) is 2.41. The van der Waals surface area contributed by atoms with Crippen molar-refractivity contribution < 1.29 is 0 Å². The number of rotatable bonds is 2. The van der Waals surface area contributed by atoms with E-state index >= 15 is 0 Å². The van der Waals surface area contributed by atoms with Crippen LogP contribution in [0.3, 0.4) is 0 Å². The number of hydrogen-bond acceptors (Lipinski definition) is 2. The molecule has 0 fully saturated rings. The zero-order valence-corrected chi connectivity index (χ0v) is 12.4. The molecule has 102 valence electrons. The topological polar surface area (TPSA) is 29.3 Å². The van der Waals surface area contributed by atoms with Gasteiger partial charge in [0.25, 0.3) is 0 Å². The Morgan fingerprint density at radius 1 is 1.15 bits per heavy atom. The van der Waals surface area contributed by atoms with Crippen molar-refractivity contribution in [1.82, 2.24) is 0 Å². The largest absolute Gasteiger partial charge is 0.389 e. The van der Waals surface area contributed by atoms with Crippen LogP contribution in [0.4, 0.5) is 11.4 Å². The van der Waals surface area contributed by atoms with Gasteiger partial charge in [0.1, 0.15) is 4.99 Å². The highest BCUT2D eigenvalue weighted by atomic mass is 32.1. The van der Waals surface area contributed by atoms with Gasteiger partial charge >= 0.3 is 0 Å². The summed E-state index contributed by atoms with van der Waals surface area (Å²) >= 11 is 5.01. The van der Waals surface area contributed by atoms with E-state index < -0.39 is 0 Å². The Morgan fingerprint density at radius 2 is 1.85 bits per heavy atom. The fourth-order valence-corrected chi connectivity index (χ4v) is 2.98. The van der Waals surface area contributed by atoms with Crippen molar-refractivity contribution in [2.75, 3.05) is 11.4 Å². The highest BCUT2D eigenvalue weighted by Crippen LogP contribution is 2.35. The number of para-hydroxylation sites is 1. The van der Waals surface area contributed by atoms with Gasteiger partial charge in [-0.2, -0.15) is 0 Å². The number of nitrogens with zero attached hydrogens (tertiary/aromatic N) is 1. The summed E-state index contributed by atoms with van der Waals surface area (Å²) < 4.78 is 0. The number of anilines is 2. The molecule has 1 aliphatic heterocycles. The summed E-state index contributed by atoms with van der Waals surface area (Å²) in [5, 5.41) is 0. The van der Waals surface area contributed by atoms with Crippen molar-refractivity contribution in [3.05, 3.63) is 59.7 Å². The Bertz CT molecular complexity index is 634. The highest BCUT2D eigenvalue weighted by molar-refractivity contribution is 7.80. The normalized spacial score (nSPS) is 17.6. The number of fused-ring (bicyclic) bond motifs is 1. The second kappa shape index (κ2) is 5.25. The first-order chi connectivity index (χ1) is 9.65. The maximum atomic E-state index is 5.66. The van der Waals surface area contributed by atoms with Gasteiger partial charge in [-0.1, -0.05) is 37.3 Å². The molecule has 0 bridgehead atoms. The standard InChI is InChI=1S/C17H18N2S/c1-12-10-14-4-2-3-5-16(14)19(11-12)15-8-6-13(7-9-15)17(18)20/h2-9,12H,10-11H2,1H3,(H2,18,20). The average molecular weight is 282 g/mol. The van der Waals surface area contributed by atoms with E-state index in [9.17, 15) is 0 Å². The van der Waals surface area contributed by atoms with Gasteiger partial charge in [-0.15, -0.1) is 0 Å². The minimum absolute atomic E-state index is 0.448. The van der Waals surface area contributed by atoms with E-state index in [0.29, 0.717) is 10.9 Å². The molecule has 0 radical (unpaired) electrons. The molecule has 0 amide bonds. The molecule has 20 heavy (non-hydrogen) atoms. The Kier molecular flexibility index (Phi) is 3.45. The number of thiocarbonyl (C=S) groups is 1. The summed E-state index contributed by atoms with van der Waals surface area (Å²) in [7, 11) is 0. The molecular weight excluding hydrogens is 264 g/mol. The summed E-state index contributed by atoms with van der Waals surface area (Å²) in [6.07, 6.45) is 1.15. The highest BCUT2D eigenvalue weighted by Gasteiger charge is 2.22. The first-order valence-corrected chi connectivity index (χ1v) is 7.31. The molecule has 0 spiro atoms. The van der Waals surface area contributed by atoms with Gasteiger partial charge in [0.15, 0.2) is 0 Å². The first-order valence-electron chi connectivity index (χ1n) is 6.90. The van der Waals surface area contributed by atoms with Crippen molar-refractivity contribution in [3.63, 3.8) is 0 Å². The van der Waals surface area contributed by atoms with Crippen LogP contribution in [0, 0.1) is 5.92 Å². The Labute approximate surface area is 125 Å². The van der Waals surface area contributed by atoms with Gasteiger partial charge in [0.05, 0.1) is 0 Å². The fourth-order valence-electron chi connectivity index (χ4n) is 2.85. The van der Waals surface area contributed by atoms with E-state index in [1.165, 1.54) is 16.9 Å². The third-order valence-corrected chi connectivity index (χ3v) is 4.04. The van der Waals surface area contributed by atoms with Crippen LogP contribution in [0.1, 0.15) is 18.1 Å². The zero-order valence-electron chi connectivity index (χ0n) is 11.5. The van der Waals surface area contributed by atoms with Crippen LogP contribution >= 0.6 is 12.2 Å². The molecule has 2 nitrogen and oxygen atoms in total. The van der Waals surface area contributed by atoms with Crippen LogP contribution in [0.5, 0.6) is 0 Å². The Morgan fingerprint density at radius 3 is 2.55 bits per heavy atom. The lowest BCUT2D eigenvalue weighted by molar-refractivity contribution is 0.562. The molecular formula is C17H18N2S. The van der Waals surface area contributed by atoms with Crippen LogP contribution in [0.2, 0.25) is 0 Å². The molecule has 2 aromatic rings. The second-order valence-corrected chi connectivity index (χ2v) is 5.90. The zero-order chi connectivity index (χ0) is 14.1. The molecule has 0 aliphatic carbocycles. The van der Waals surface area contributed by atoms with Crippen LogP contribution in [0.15, 0.2) is 48.5 Å². The van der Waals surface area contributed by atoms with Gasteiger partial charge < -0.3 is 10.6 Å². The molecule has 0 aromatic heterocycles. The monoisotopic (exact) mass is 282 g/mol. The summed E-state index contributed by atoms with van der Waals surface area (Å²) in [6, 6.07) is 16.8. The van der Waals surface area contributed by atoms with Gasteiger partial charge in [-0.05, 0) is 48.2 Å². The molecule has 3 rings (SSSR count). The van der Waals surface area contributed by atoms with E-state index in [0.717, 1.165) is 18.5 Å². The molecule has 3 heteroatoms. The first kappa shape index (κ1) is 13.1. The molecule has 2 aromatic carbocycles. The van der Waals surface area contributed by atoms with Gasteiger partial charge in [-0.25, -0.2) is 0 Å². The number of hydrogen-bond donors (Lipinski definition) is 1. The molecule has 1 unspecified atom stereocenters. The second-order valence-electron chi connectivity index (χ2n) is 5.46. The average Bonchev–Trinajstić information content (AvgIpc) is 2.46. The van der Waals surface area contributed by atoms with Crippen LogP contribution < -0.4 is 10.6 Å². The van der Waals surface area contributed by atoms with Crippen molar-refractivity contribution >= 4 is 28.6 Å². The van der Waals surface area contributed by atoms with Gasteiger partial charge in [0.2, 0.25) is 0 Å². The maximum absolute atomic E-state index is 5.66. The van der Waals surface area contributed by atoms with E-state index in [4.69, 9.17) is 18.0 Å². The lowest BCUT2D eigenvalue weighted by atomic mass is 9.93. The summed E-state index contributed by atoms with van der Waals surface area (Å²) in [5.41, 5.74) is 10.5. The predicted octanol–water partition coefficient (Wildman–Crippen LogP) is 3.65. The van der Waals surface area contributed by atoms with Crippen molar-refractivity contribution in [2.24, 2.45) is 11.7 Å². The van der Waals surface area contributed by atoms with Crippen LogP contribution in [-0.2, 0) is 6.42 Å². The SMILES string of the molecule is CC1Cc2ccccc2N(c2ccc(C(N)=S)cc2)C1. The summed E-state index contributed by atoms with van der Waals surface area (Å²) in [6.45, 7) is 3.34.